The molecule has 3 heteroatoms. The quantitative estimate of drug-likeness (QED) is 0.819. The Kier molecular flexibility index (Phi) is 5.28. The molecule has 0 aliphatic carbocycles. The molecule has 0 radical (unpaired) electrons. The molecule has 21 heavy (non-hydrogen) atoms. The van der Waals surface area contributed by atoms with Crippen LogP contribution in [0.4, 0.5) is 0 Å². The molecule has 1 aliphatic rings. The van der Waals surface area contributed by atoms with Gasteiger partial charge in [-0.25, -0.2) is 0 Å². The molecule has 114 valence electrons. The third-order valence-corrected chi connectivity index (χ3v) is 5.37. The molecular formula is C18H25NOS. The first-order chi connectivity index (χ1) is 10.4. The van der Waals surface area contributed by atoms with Crippen LogP contribution >= 0.6 is 11.3 Å². The summed E-state index contributed by atoms with van der Waals surface area (Å²) >= 11 is 1.86. The second-order valence-electron chi connectivity index (χ2n) is 5.86. The summed E-state index contributed by atoms with van der Waals surface area (Å²) in [5.74, 6) is 0. The van der Waals surface area contributed by atoms with E-state index in [1.54, 1.807) is 0 Å². The summed E-state index contributed by atoms with van der Waals surface area (Å²) in [4.78, 5) is 0. The minimum Gasteiger partial charge on any atom is -0.378 e. The molecule has 0 saturated carbocycles. The van der Waals surface area contributed by atoms with Gasteiger partial charge in [0.2, 0.25) is 0 Å². The number of rotatable bonds is 6. The van der Waals surface area contributed by atoms with Gasteiger partial charge in [-0.1, -0.05) is 25.1 Å². The van der Waals surface area contributed by atoms with Gasteiger partial charge in [0.15, 0.2) is 0 Å². The standard InChI is InChI=1S/C18H25NOS/c1-2-19-17(11-10-14-7-5-6-12-20-14)16-13-21-18-9-4-3-8-15(16)18/h3-4,8-9,13-14,17,19H,2,5-7,10-12H2,1H3. The molecule has 3 rings (SSSR count). The molecule has 2 atom stereocenters. The first kappa shape index (κ1) is 15.0. The predicted octanol–water partition coefficient (Wildman–Crippen LogP) is 4.90. The van der Waals surface area contributed by atoms with Crippen LogP contribution in [0.3, 0.4) is 0 Å². The average Bonchev–Trinajstić information content (AvgIpc) is 2.96. The lowest BCUT2D eigenvalue weighted by molar-refractivity contribution is 0.00859. The minimum atomic E-state index is 0.455. The van der Waals surface area contributed by atoms with Crippen LogP contribution < -0.4 is 5.32 Å². The van der Waals surface area contributed by atoms with Gasteiger partial charge in [0.1, 0.15) is 0 Å². The van der Waals surface area contributed by atoms with Crippen molar-refractivity contribution < 1.29 is 4.74 Å². The number of hydrogen-bond acceptors (Lipinski definition) is 3. The molecule has 1 aromatic heterocycles. The maximum Gasteiger partial charge on any atom is 0.0575 e. The molecule has 2 aromatic rings. The summed E-state index contributed by atoms with van der Waals surface area (Å²) in [7, 11) is 0. The molecule has 0 amide bonds. The van der Waals surface area contributed by atoms with E-state index in [-0.39, 0.29) is 0 Å². The summed E-state index contributed by atoms with van der Waals surface area (Å²) < 4.78 is 7.28. The van der Waals surface area contributed by atoms with Crippen LogP contribution in [0.2, 0.25) is 0 Å². The Hall–Kier alpha value is -0.900. The Morgan fingerprint density at radius 1 is 1.33 bits per heavy atom. The fourth-order valence-electron chi connectivity index (χ4n) is 3.27. The third kappa shape index (κ3) is 3.65. The summed E-state index contributed by atoms with van der Waals surface area (Å²) in [5, 5.41) is 7.42. The molecule has 1 aliphatic heterocycles. The van der Waals surface area contributed by atoms with Gasteiger partial charge in [0, 0.05) is 17.3 Å². The summed E-state index contributed by atoms with van der Waals surface area (Å²) in [6.07, 6.45) is 6.62. The largest absolute Gasteiger partial charge is 0.378 e. The molecule has 2 unspecified atom stereocenters. The van der Waals surface area contributed by atoms with E-state index in [9.17, 15) is 0 Å². The number of ether oxygens (including phenoxy) is 1. The van der Waals surface area contributed by atoms with E-state index in [1.165, 1.54) is 47.8 Å². The normalized spacial score (nSPS) is 20.7. The van der Waals surface area contributed by atoms with Crippen molar-refractivity contribution in [2.24, 2.45) is 0 Å². The average molecular weight is 303 g/mol. The summed E-state index contributed by atoms with van der Waals surface area (Å²) in [6, 6.07) is 9.20. The Balaban J connectivity index is 1.71. The highest BCUT2D eigenvalue weighted by molar-refractivity contribution is 7.17. The van der Waals surface area contributed by atoms with Gasteiger partial charge < -0.3 is 10.1 Å². The zero-order valence-corrected chi connectivity index (χ0v) is 13.6. The lowest BCUT2D eigenvalue weighted by Crippen LogP contribution is -2.24. The zero-order chi connectivity index (χ0) is 14.5. The first-order valence-electron chi connectivity index (χ1n) is 8.19. The molecule has 1 N–H and O–H groups in total. The van der Waals surface area contributed by atoms with E-state index in [4.69, 9.17) is 4.74 Å². The summed E-state index contributed by atoms with van der Waals surface area (Å²) in [5.41, 5.74) is 1.47. The van der Waals surface area contributed by atoms with Crippen molar-refractivity contribution in [3.63, 3.8) is 0 Å². The zero-order valence-electron chi connectivity index (χ0n) is 12.8. The molecule has 1 aromatic carbocycles. The van der Waals surface area contributed by atoms with Crippen molar-refractivity contribution in [1.82, 2.24) is 5.32 Å². The number of hydrogen-bond donors (Lipinski definition) is 1. The lowest BCUT2D eigenvalue weighted by atomic mass is 9.97. The Morgan fingerprint density at radius 2 is 2.24 bits per heavy atom. The van der Waals surface area contributed by atoms with E-state index in [2.05, 4.69) is 41.9 Å². The Morgan fingerprint density at radius 3 is 3.05 bits per heavy atom. The van der Waals surface area contributed by atoms with E-state index < -0.39 is 0 Å². The van der Waals surface area contributed by atoms with Gasteiger partial charge >= 0.3 is 0 Å². The van der Waals surface area contributed by atoms with E-state index in [0.717, 1.165) is 13.2 Å². The van der Waals surface area contributed by atoms with Crippen molar-refractivity contribution in [2.45, 2.75) is 51.2 Å². The van der Waals surface area contributed by atoms with Crippen molar-refractivity contribution >= 4 is 21.4 Å². The van der Waals surface area contributed by atoms with Gasteiger partial charge in [0.05, 0.1) is 6.10 Å². The fraction of sp³-hybridized carbons (Fsp3) is 0.556. The van der Waals surface area contributed by atoms with Gasteiger partial charge in [-0.05, 0) is 61.0 Å². The predicted molar refractivity (Wildman–Crippen MR) is 91.1 cm³/mol. The van der Waals surface area contributed by atoms with Crippen molar-refractivity contribution in [3.05, 3.63) is 35.2 Å². The van der Waals surface area contributed by atoms with Gasteiger partial charge in [-0.15, -0.1) is 11.3 Å². The SMILES string of the molecule is CCNC(CCC1CCCCO1)c1csc2ccccc12. The van der Waals surface area contributed by atoms with E-state index >= 15 is 0 Å². The fourth-order valence-corrected chi connectivity index (χ4v) is 4.28. The highest BCUT2D eigenvalue weighted by atomic mass is 32.1. The van der Waals surface area contributed by atoms with Crippen LogP contribution in [0.5, 0.6) is 0 Å². The molecule has 2 heterocycles. The maximum atomic E-state index is 5.89. The molecule has 0 spiro atoms. The maximum absolute atomic E-state index is 5.89. The molecule has 1 saturated heterocycles. The second-order valence-corrected chi connectivity index (χ2v) is 6.77. The Labute approximate surface area is 131 Å². The van der Waals surface area contributed by atoms with Crippen LogP contribution in [-0.4, -0.2) is 19.3 Å². The van der Waals surface area contributed by atoms with Crippen LogP contribution in [0, 0.1) is 0 Å². The highest BCUT2D eigenvalue weighted by Crippen LogP contribution is 2.33. The topological polar surface area (TPSA) is 21.3 Å². The van der Waals surface area contributed by atoms with Crippen molar-refractivity contribution in [1.29, 1.82) is 0 Å². The van der Waals surface area contributed by atoms with Crippen molar-refractivity contribution in [3.8, 4) is 0 Å². The van der Waals surface area contributed by atoms with Gasteiger partial charge in [-0.2, -0.15) is 0 Å². The first-order valence-corrected chi connectivity index (χ1v) is 9.07. The second kappa shape index (κ2) is 7.39. The monoisotopic (exact) mass is 303 g/mol. The molecule has 0 bridgehead atoms. The van der Waals surface area contributed by atoms with Gasteiger partial charge in [0.25, 0.3) is 0 Å². The number of thiophene rings is 1. The Bertz CT molecular complexity index is 559. The van der Waals surface area contributed by atoms with E-state index in [0.29, 0.717) is 12.1 Å². The smallest absolute Gasteiger partial charge is 0.0575 e. The molecule has 1 fully saturated rings. The van der Waals surface area contributed by atoms with Crippen LogP contribution in [0.1, 0.15) is 50.6 Å². The number of benzene rings is 1. The number of nitrogens with one attached hydrogen (secondary N) is 1. The molecular weight excluding hydrogens is 278 g/mol. The summed E-state index contributed by atoms with van der Waals surface area (Å²) in [6.45, 7) is 4.16. The van der Waals surface area contributed by atoms with Crippen LogP contribution in [0.15, 0.2) is 29.6 Å². The highest BCUT2D eigenvalue weighted by Gasteiger charge is 2.19. The van der Waals surface area contributed by atoms with Crippen LogP contribution in [0.25, 0.3) is 10.1 Å². The third-order valence-electron chi connectivity index (χ3n) is 4.39. The number of fused-ring (bicyclic) bond motifs is 1. The molecule has 2 nitrogen and oxygen atoms in total. The van der Waals surface area contributed by atoms with Gasteiger partial charge in [-0.3, -0.25) is 0 Å². The minimum absolute atomic E-state index is 0.455. The lowest BCUT2D eigenvalue weighted by Gasteiger charge is -2.25. The van der Waals surface area contributed by atoms with Crippen molar-refractivity contribution in [2.75, 3.05) is 13.2 Å². The van der Waals surface area contributed by atoms with E-state index in [1.807, 2.05) is 11.3 Å². The van der Waals surface area contributed by atoms with Crippen LogP contribution in [-0.2, 0) is 4.74 Å².